The topological polar surface area (TPSA) is 105 Å². The molecular weight excluding hydrogens is 423 g/mol. The summed E-state index contributed by atoms with van der Waals surface area (Å²) in [5.41, 5.74) is 2.88. The van der Waals surface area contributed by atoms with E-state index in [1.807, 2.05) is 41.8 Å². The Labute approximate surface area is 188 Å². The number of H-pyrrole nitrogens is 1. The number of amides is 1. The summed E-state index contributed by atoms with van der Waals surface area (Å²) in [6, 6.07) is 12.0. The SMILES string of the molecule is CC(Nc1ncnc2nc[nH]c12)c1nc2ccc(F)c(C(=O)N(C)C)c2n1-c1ccccc1. The summed E-state index contributed by atoms with van der Waals surface area (Å²) in [5.74, 6) is 0.131. The Balaban J connectivity index is 1.73. The van der Waals surface area contributed by atoms with Crippen molar-refractivity contribution in [1.82, 2.24) is 34.4 Å². The maximum atomic E-state index is 15.0. The fourth-order valence-electron chi connectivity index (χ4n) is 3.86. The van der Waals surface area contributed by atoms with Crippen molar-refractivity contribution in [3.05, 3.63) is 72.3 Å². The molecule has 0 fully saturated rings. The van der Waals surface area contributed by atoms with Crippen molar-refractivity contribution in [3.63, 3.8) is 0 Å². The highest BCUT2D eigenvalue weighted by Gasteiger charge is 2.26. The van der Waals surface area contributed by atoms with E-state index in [2.05, 4.69) is 25.3 Å². The minimum absolute atomic E-state index is 0.0229. The van der Waals surface area contributed by atoms with Gasteiger partial charge in [0.15, 0.2) is 11.5 Å². The molecule has 0 aliphatic heterocycles. The van der Waals surface area contributed by atoms with E-state index in [4.69, 9.17) is 4.98 Å². The van der Waals surface area contributed by atoms with Crippen molar-refractivity contribution in [1.29, 1.82) is 0 Å². The number of hydrogen-bond acceptors (Lipinski definition) is 6. The van der Waals surface area contributed by atoms with Crippen LogP contribution in [0.15, 0.2) is 55.1 Å². The zero-order chi connectivity index (χ0) is 23.1. The lowest BCUT2D eigenvalue weighted by atomic mass is 10.1. The Morgan fingerprint density at radius 2 is 1.91 bits per heavy atom. The Hall–Kier alpha value is -4.34. The lowest BCUT2D eigenvalue weighted by molar-refractivity contribution is 0.0825. The van der Waals surface area contributed by atoms with Crippen molar-refractivity contribution in [2.75, 3.05) is 19.4 Å². The van der Waals surface area contributed by atoms with Gasteiger partial charge >= 0.3 is 0 Å². The molecule has 0 saturated heterocycles. The number of carbonyl (C=O) groups excluding carboxylic acids is 1. The van der Waals surface area contributed by atoms with Gasteiger partial charge in [-0.15, -0.1) is 0 Å². The molecule has 1 atom stereocenters. The van der Waals surface area contributed by atoms with E-state index in [-0.39, 0.29) is 11.6 Å². The molecule has 2 aromatic carbocycles. The van der Waals surface area contributed by atoms with Gasteiger partial charge in [0.1, 0.15) is 29.0 Å². The summed E-state index contributed by atoms with van der Waals surface area (Å²) in [6.07, 6.45) is 2.98. The molecule has 0 aliphatic carbocycles. The van der Waals surface area contributed by atoms with Crippen LogP contribution in [0.2, 0.25) is 0 Å². The van der Waals surface area contributed by atoms with Crippen LogP contribution in [0.25, 0.3) is 27.9 Å². The molecule has 10 heteroatoms. The van der Waals surface area contributed by atoms with Gasteiger partial charge in [0.25, 0.3) is 5.91 Å². The number of fused-ring (bicyclic) bond motifs is 2. The van der Waals surface area contributed by atoms with E-state index in [1.54, 1.807) is 26.5 Å². The number of para-hydroxylation sites is 1. The first-order valence-electron chi connectivity index (χ1n) is 10.3. The summed E-state index contributed by atoms with van der Waals surface area (Å²) < 4.78 is 16.8. The fourth-order valence-corrected chi connectivity index (χ4v) is 3.86. The second kappa shape index (κ2) is 7.97. The van der Waals surface area contributed by atoms with Gasteiger partial charge in [0, 0.05) is 19.8 Å². The second-order valence-electron chi connectivity index (χ2n) is 7.82. The molecule has 9 nitrogen and oxygen atoms in total. The molecule has 5 rings (SSSR count). The van der Waals surface area contributed by atoms with Crippen molar-refractivity contribution in [3.8, 4) is 5.69 Å². The number of nitrogens with zero attached hydrogens (tertiary/aromatic N) is 6. The molecule has 1 amide bonds. The number of hydrogen-bond donors (Lipinski definition) is 2. The average molecular weight is 444 g/mol. The van der Waals surface area contributed by atoms with Gasteiger partial charge in [0.2, 0.25) is 0 Å². The first-order chi connectivity index (χ1) is 16.0. The van der Waals surface area contributed by atoms with Crippen LogP contribution >= 0.6 is 0 Å². The average Bonchev–Trinajstić information content (AvgIpc) is 3.44. The Morgan fingerprint density at radius 3 is 2.67 bits per heavy atom. The summed E-state index contributed by atoms with van der Waals surface area (Å²) >= 11 is 0. The minimum Gasteiger partial charge on any atom is -0.358 e. The van der Waals surface area contributed by atoms with E-state index < -0.39 is 11.7 Å². The van der Waals surface area contributed by atoms with Crippen LogP contribution < -0.4 is 5.32 Å². The molecule has 33 heavy (non-hydrogen) atoms. The van der Waals surface area contributed by atoms with E-state index in [1.165, 1.54) is 17.3 Å². The van der Waals surface area contributed by atoms with Crippen LogP contribution in [-0.2, 0) is 0 Å². The van der Waals surface area contributed by atoms with E-state index >= 15 is 0 Å². The Bertz CT molecular complexity index is 1470. The van der Waals surface area contributed by atoms with E-state index in [0.29, 0.717) is 33.8 Å². The third-order valence-corrected chi connectivity index (χ3v) is 5.39. The highest BCUT2D eigenvalue weighted by atomic mass is 19.1. The summed E-state index contributed by atoms with van der Waals surface area (Å²) in [6.45, 7) is 1.93. The molecule has 0 radical (unpaired) electrons. The molecular formula is C23H21FN8O. The van der Waals surface area contributed by atoms with Crippen LogP contribution in [0, 0.1) is 5.82 Å². The smallest absolute Gasteiger partial charge is 0.258 e. The van der Waals surface area contributed by atoms with E-state index in [9.17, 15) is 9.18 Å². The zero-order valence-electron chi connectivity index (χ0n) is 18.2. The number of benzene rings is 2. The maximum absolute atomic E-state index is 15.0. The third-order valence-electron chi connectivity index (χ3n) is 5.39. The summed E-state index contributed by atoms with van der Waals surface area (Å²) in [7, 11) is 3.19. The number of imidazole rings is 2. The number of aromatic nitrogens is 6. The summed E-state index contributed by atoms with van der Waals surface area (Å²) in [4.78, 5) is 34.8. The molecule has 0 aliphatic rings. The third kappa shape index (κ3) is 3.45. The van der Waals surface area contributed by atoms with Gasteiger partial charge in [-0.05, 0) is 31.2 Å². The number of anilines is 1. The van der Waals surface area contributed by atoms with Crippen LogP contribution in [0.1, 0.15) is 29.1 Å². The zero-order valence-corrected chi connectivity index (χ0v) is 18.2. The highest BCUT2D eigenvalue weighted by molar-refractivity contribution is 6.05. The first-order valence-corrected chi connectivity index (χ1v) is 10.3. The normalized spacial score (nSPS) is 12.2. The maximum Gasteiger partial charge on any atom is 0.258 e. The van der Waals surface area contributed by atoms with Gasteiger partial charge in [-0.3, -0.25) is 9.36 Å². The standard InChI is InChI=1S/C23H21FN8O/c1-13(29-21-18-20(26-11-25-18)27-12-28-21)22-30-16-10-9-15(24)17(23(33)31(2)3)19(16)32(22)14-7-5-4-6-8-14/h4-13H,1-3H3,(H2,25,26,27,28,29). The highest BCUT2D eigenvalue weighted by Crippen LogP contribution is 2.31. The number of carbonyl (C=O) groups is 1. The largest absolute Gasteiger partial charge is 0.358 e. The first kappa shape index (κ1) is 20.6. The van der Waals surface area contributed by atoms with Gasteiger partial charge in [-0.25, -0.2) is 24.3 Å². The minimum atomic E-state index is -0.597. The van der Waals surface area contributed by atoms with Gasteiger partial charge in [0.05, 0.1) is 23.4 Å². The predicted molar refractivity (Wildman–Crippen MR) is 123 cm³/mol. The second-order valence-corrected chi connectivity index (χ2v) is 7.82. The fraction of sp³-hybridized carbons (Fsp3) is 0.174. The van der Waals surface area contributed by atoms with E-state index in [0.717, 1.165) is 5.69 Å². The van der Waals surface area contributed by atoms with Gasteiger partial charge < -0.3 is 15.2 Å². The van der Waals surface area contributed by atoms with Crippen molar-refractivity contribution in [2.24, 2.45) is 0 Å². The molecule has 0 saturated carbocycles. The number of nitrogens with one attached hydrogen (secondary N) is 2. The molecule has 166 valence electrons. The van der Waals surface area contributed by atoms with Gasteiger partial charge in [-0.1, -0.05) is 18.2 Å². The number of aromatic amines is 1. The van der Waals surface area contributed by atoms with Crippen LogP contribution in [0.4, 0.5) is 10.2 Å². The quantitative estimate of drug-likeness (QED) is 0.428. The number of halogens is 1. The molecule has 2 N–H and O–H groups in total. The van der Waals surface area contributed by atoms with Crippen molar-refractivity contribution >= 4 is 33.9 Å². The molecule has 5 aromatic rings. The Kier molecular flexibility index (Phi) is 4.97. The van der Waals surface area contributed by atoms with Crippen LogP contribution in [-0.4, -0.2) is 54.4 Å². The monoisotopic (exact) mass is 444 g/mol. The molecule has 1 unspecified atom stereocenters. The lowest BCUT2D eigenvalue weighted by Crippen LogP contribution is -2.24. The van der Waals surface area contributed by atoms with Gasteiger partial charge in [-0.2, -0.15) is 0 Å². The molecule has 0 spiro atoms. The Morgan fingerprint density at radius 1 is 1.12 bits per heavy atom. The van der Waals surface area contributed by atoms with Crippen LogP contribution in [0.5, 0.6) is 0 Å². The summed E-state index contributed by atoms with van der Waals surface area (Å²) in [5, 5.41) is 3.35. The predicted octanol–water partition coefficient (Wildman–Crippen LogP) is 3.71. The van der Waals surface area contributed by atoms with Crippen molar-refractivity contribution < 1.29 is 9.18 Å². The lowest BCUT2D eigenvalue weighted by Gasteiger charge is -2.18. The molecule has 3 aromatic heterocycles. The molecule has 0 bridgehead atoms. The van der Waals surface area contributed by atoms with Crippen molar-refractivity contribution in [2.45, 2.75) is 13.0 Å². The number of rotatable bonds is 5. The van der Waals surface area contributed by atoms with Crippen LogP contribution in [0.3, 0.4) is 0 Å². The molecule has 3 heterocycles.